The molecule has 0 bridgehead atoms. The first kappa shape index (κ1) is 27.6. The number of hydrogen-bond acceptors (Lipinski definition) is 4. The van der Waals surface area contributed by atoms with Crippen molar-refractivity contribution >= 4 is 29.3 Å². The lowest BCUT2D eigenvalue weighted by atomic mass is 9.88. The van der Waals surface area contributed by atoms with Gasteiger partial charge in [-0.25, -0.2) is 9.18 Å². The van der Waals surface area contributed by atoms with Gasteiger partial charge >= 0.3 is 6.09 Å². The fraction of sp³-hybridized carbons (Fsp3) is 0.367. The lowest BCUT2D eigenvalue weighted by Gasteiger charge is -2.32. The summed E-state index contributed by atoms with van der Waals surface area (Å²) in [7, 11) is 0. The average molecular weight is 538 g/mol. The highest BCUT2D eigenvalue weighted by molar-refractivity contribution is 6.31. The van der Waals surface area contributed by atoms with E-state index in [0.29, 0.717) is 35.8 Å². The Labute approximate surface area is 228 Å². The standard InChI is InChI=1S/C30H33ClFN3O3/c1-20-6-5-7-22(14-20)21-10-12-34(13-11-21)28(36)24-15-26(18-33-17-24)35(29(37)38-30(2,3)4)19-23-8-9-25(32)16-27(23)31/h5-9,14-18,21H,10-13,19H2,1-4H3. The number of likely N-dealkylation sites (tertiary alicyclic amines) is 1. The molecule has 0 N–H and O–H groups in total. The molecule has 200 valence electrons. The van der Waals surface area contributed by atoms with Crippen molar-refractivity contribution in [3.8, 4) is 0 Å². The van der Waals surface area contributed by atoms with Gasteiger partial charge in [0.15, 0.2) is 0 Å². The maximum absolute atomic E-state index is 13.6. The molecular formula is C30H33ClFN3O3. The number of aromatic nitrogens is 1. The van der Waals surface area contributed by atoms with Gasteiger partial charge in [0.05, 0.1) is 24.0 Å². The van der Waals surface area contributed by atoms with Crippen LogP contribution >= 0.6 is 11.6 Å². The van der Waals surface area contributed by atoms with Crippen LogP contribution in [0.15, 0.2) is 60.9 Å². The van der Waals surface area contributed by atoms with Crippen molar-refractivity contribution in [3.05, 3.63) is 94.0 Å². The van der Waals surface area contributed by atoms with Gasteiger partial charge in [-0.15, -0.1) is 0 Å². The number of benzene rings is 2. The molecule has 1 aromatic heterocycles. The summed E-state index contributed by atoms with van der Waals surface area (Å²) in [6, 6.07) is 14.2. The molecule has 1 fully saturated rings. The monoisotopic (exact) mass is 537 g/mol. The predicted molar refractivity (Wildman–Crippen MR) is 147 cm³/mol. The molecule has 2 aromatic carbocycles. The van der Waals surface area contributed by atoms with E-state index in [0.717, 1.165) is 12.8 Å². The number of nitrogens with zero attached hydrogens (tertiary/aromatic N) is 3. The molecule has 8 heteroatoms. The van der Waals surface area contributed by atoms with Crippen molar-refractivity contribution in [3.63, 3.8) is 0 Å². The number of anilines is 1. The van der Waals surface area contributed by atoms with Crippen LogP contribution in [0, 0.1) is 12.7 Å². The second-order valence-electron chi connectivity index (χ2n) is 10.7. The minimum absolute atomic E-state index is 0.0231. The maximum Gasteiger partial charge on any atom is 0.415 e. The first-order chi connectivity index (χ1) is 18.0. The number of carbonyl (C=O) groups is 2. The second kappa shape index (κ2) is 11.5. The van der Waals surface area contributed by atoms with Crippen LogP contribution in [0.4, 0.5) is 14.9 Å². The Balaban J connectivity index is 1.53. The van der Waals surface area contributed by atoms with E-state index in [9.17, 15) is 14.0 Å². The molecule has 0 atom stereocenters. The molecule has 0 radical (unpaired) electrons. The zero-order valence-electron chi connectivity index (χ0n) is 22.2. The summed E-state index contributed by atoms with van der Waals surface area (Å²) in [6.07, 6.45) is 4.16. The van der Waals surface area contributed by atoms with Gasteiger partial charge in [-0.2, -0.15) is 0 Å². The Hall–Kier alpha value is -3.45. The highest BCUT2D eigenvalue weighted by Crippen LogP contribution is 2.30. The molecule has 38 heavy (non-hydrogen) atoms. The SMILES string of the molecule is Cc1cccc(C2CCN(C(=O)c3cncc(N(Cc4ccc(F)cc4Cl)C(=O)OC(C)(C)C)c3)CC2)c1. The number of piperidine rings is 1. The highest BCUT2D eigenvalue weighted by Gasteiger charge is 2.28. The van der Waals surface area contributed by atoms with Gasteiger partial charge in [-0.1, -0.05) is 47.5 Å². The van der Waals surface area contributed by atoms with E-state index >= 15 is 0 Å². The van der Waals surface area contributed by atoms with Crippen LogP contribution < -0.4 is 4.90 Å². The third-order valence-corrected chi connectivity index (χ3v) is 6.89. The smallest absolute Gasteiger partial charge is 0.415 e. The number of hydrogen-bond donors (Lipinski definition) is 0. The molecule has 3 aromatic rings. The van der Waals surface area contributed by atoms with Crippen LogP contribution in [0.2, 0.25) is 5.02 Å². The van der Waals surface area contributed by atoms with Crippen molar-refractivity contribution in [2.24, 2.45) is 0 Å². The largest absolute Gasteiger partial charge is 0.443 e. The summed E-state index contributed by atoms with van der Waals surface area (Å²) in [4.78, 5) is 34.0. The predicted octanol–water partition coefficient (Wildman–Crippen LogP) is 7.14. The topological polar surface area (TPSA) is 62.7 Å². The van der Waals surface area contributed by atoms with E-state index in [2.05, 4.69) is 36.2 Å². The first-order valence-corrected chi connectivity index (χ1v) is 13.1. The normalized spacial score (nSPS) is 14.3. The maximum atomic E-state index is 13.6. The van der Waals surface area contributed by atoms with Gasteiger partial charge in [0.1, 0.15) is 11.4 Å². The lowest BCUT2D eigenvalue weighted by molar-refractivity contribution is 0.0576. The minimum atomic E-state index is -0.746. The molecule has 2 amide bonds. The van der Waals surface area contributed by atoms with Crippen molar-refractivity contribution in [2.75, 3.05) is 18.0 Å². The first-order valence-electron chi connectivity index (χ1n) is 12.8. The molecule has 0 spiro atoms. The van der Waals surface area contributed by atoms with Crippen LogP contribution in [-0.4, -0.2) is 40.6 Å². The van der Waals surface area contributed by atoms with Gasteiger partial charge in [-0.05, 0) is 75.8 Å². The number of aryl methyl sites for hydroxylation is 1. The average Bonchev–Trinajstić information content (AvgIpc) is 2.87. The lowest BCUT2D eigenvalue weighted by Crippen LogP contribution is -2.38. The fourth-order valence-electron chi connectivity index (χ4n) is 4.61. The molecule has 0 saturated carbocycles. The number of carbonyl (C=O) groups excluding carboxylic acids is 2. The van der Waals surface area contributed by atoms with Crippen molar-refractivity contribution in [1.29, 1.82) is 0 Å². The summed E-state index contributed by atoms with van der Waals surface area (Å²) in [5.74, 6) is -0.180. The molecular weight excluding hydrogens is 505 g/mol. The van der Waals surface area contributed by atoms with E-state index < -0.39 is 17.5 Å². The Morgan fingerprint density at radius 1 is 1.11 bits per heavy atom. The molecule has 1 aliphatic rings. The van der Waals surface area contributed by atoms with Gasteiger partial charge in [0.25, 0.3) is 5.91 Å². The van der Waals surface area contributed by atoms with Crippen LogP contribution in [0.25, 0.3) is 0 Å². The minimum Gasteiger partial charge on any atom is -0.443 e. The van der Waals surface area contributed by atoms with E-state index in [1.807, 2.05) is 4.90 Å². The van der Waals surface area contributed by atoms with Gasteiger partial charge in [-0.3, -0.25) is 14.7 Å². The van der Waals surface area contributed by atoms with Crippen molar-refractivity contribution in [1.82, 2.24) is 9.88 Å². The summed E-state index contributed by atoms with van der Waals surface area (Å²) >= 11 is 6.25. The summed E-state index contributed by atoms with van der Waals surface area (Å²) in [5.41, 5.74) is 3.11. The van der Waals surface area contributed by atoms with E-state index in [1.165, 1.54) is 46.6 Å². The Bertz CT molecular complexity index is 1320. The van der Waals surface area contributed by atoms with Gasteiger partial charge < -0.3 is 9.64 Å². The van der Waals surface area contributed by atoms with Crippen LogP contribution in [0.3, 0.4) is 0 Å². The number of amides is 2. The highest BCUT2D eigenvalue weighted by atomic mass is 35.5. The molecule has 2 heterocycles. The quantitative estimate of drug-likeness (QED) is 0.347. The number of halogens is 2. The Morgan fingerprint density at radius 3 is 2.50 bits per heavy atom. The van der Waals surface area contributed by atoms with E-state index in [1.54, 1.807) is 26.8 Å². The summed E-state index contributed by atoms with van der Waals surface area (Å²) in [5, 5.41) is 0.190. The van der Waals surface area contributed by atoms with Gasteiger partial charge in [0, 0.05) is 24.3 Å². The molecule has 6 nitrogen and oxygen atoms in total. The fourth-order valence-corrected chi connectivity index (χ4v) is 4.84. The second-order valence-corrected chi connectivity index (χ2v) is 11.1. The van der Waals surface area contributed by atoms with Crippen LogP contribution in [0.1, 0.15) is 66.6 Å². The van der Waals surface area contributed by atoms with E-state index in [-0.39, 0.29) is 17.5 Å². The Kier molecular flexibility index (Phi) is 8.36. The summed E-state index contributed by atoms with van der Waals surface area (Å²) in [6.45, 7) is 8.71. The zero-order valence-corrected chi connectivity index (χ0v) is 23.0. The number of pyridine rings is 1. The van der Waals surface area contributed by atoms with Crippen molar-refractivity contribution in [2.45, 2.75) is 58.6 Å². The van der Waals surface area contributed by atoms with Crippen molar-refractivity contribution < 1.29 is 18.7 Å². The van der Waals surface area contributed by atoms with Crippen LogP contribution in [0.5, 0.6) is 0 Å². The third kappa shape index (κ3) is 6.90. The molecule has 0 unspecified atom stereocenters. The third-order valence-electron chi connectivity index (χ3n) is 6.54. The molecule has 1 saturated heterocycles. The van der Waals surface area contributed by atoms with E-state index in [4.69, 9.17) is 16.3 Å². The number of rotatable bonds is 5. The van der Waals surface area contributed by atoms with Crippen LogP contribution in [-0.2, 0) is 11.3 Å². The summed E-state index contributed by atoms with van der Waals surface area (Å²) < 4.78 is 19.2. The Morgan fingerprint density at radius 2 is 1.84 bits per heavy atom. The number of ether oxygens (including phenoxy) is 1. The van der Waals surface area contributed by atoms with Gasteiger partial charge in [0.2, 0.25) is 0 Å². The zero-order chi connectivity index (χ0) is 27.4. The molecule has 4 rings (SSSR count). The molecule has 1 aliphatic heterocycles. The molecule has 0 aliphatic carbocycles.